The van der Waals surface area contributed by atoms with Crippen LogP contribution in [0.15, 0.2) is 47.4 Å². The largest absolute Gasteiger partial charge is 0.478 e. The molecule has 2 aromatic rings. The third kappa shape index (κ3) is 4.28. The number of ether oxygens (including phenoxy) is 1. The van der Waals surface area contributed by atoms with Crippen molar-refractivity contribution in [3.8, 4) is 11.5 Å². The molecule has 0 saturated carbocycles. The molecule has 0 unspecified atom stereocenters. The molecule has 2 aromatic carbocycles. The van der Waals surface area contributed by atoms with E-state index in [0.717, 1.165) is 37.4 Å². The summed E-state index contributed by atoms with van der Waals surface area (Å²) in [5.41, 5.74) is -1.47. The highest BCUT2D eigenvalue weighted by molar-refractivity contribution is 7.89. The molecule has 0 aromatic heterocycles. The second kappa shape index (κ2) is 6.73. The lowest BCUT2D eigenvalue weighted by molar-refractivity contribution is -0.137. The summed E-state index contributed by atoms with van der Waals surface area (Å²) in [6, 6.07) is 6.89. The average molecular weight is 375 g/mol. The van der Waals surface area contributed by atoms with E-state index >= 15 is 0 Å². The van der Waals surface area contributed by atoms with Crippen molar-refractivity contribution in [2.24, 2.45) is 0 Å². The number of carboxylic acid groups (broad SMARTS) is 1. The van der Waals surface area contributed by atoms with Gasteiger partial charge in [0.05, 0.1) is 10.5 Å². The van der Waals surface area contributed by atoms with E-state index in [9.17, 15) is 31.5 Å². The lowest BCUT2D eigenvalue weighted by Gasteiger charge is -2.12. The molecular weight excluding hydrogens is 363 g/mol. The van der Waals surface area contributed by atoms with Crippen molar-refractivity contribution >= 4 is 16.0 Å². The molecule has 0 fully saturated rings. The smallest absolute Gasteiger partial charge is 0.416 e. The van der Waals surface area contributed by atoms with Crippen molar-refractivity contribution in [2.45, 2.75) is 11.1 Å². The first-order valence-electron chi connectivity index (χ1n) is 6.70. The molecule has 134 valence electrons. The fraction of sp³-hybridized carbons (Fsp3) is 0.133. The van der Waals surface area contributed by atoms with Crippen molar-refractivity contribution in [2.75, 3.05) is 7.05 Å². The molecular formula is C15H12F3NO5S. The van der Waals surface area contributed by atoms with Gasteiger partial charge in [-0.3, -0.25) is 0 Å². The predicted octanol–water partition coefficient (Wildman–Crippen LogP) is 3.10. The topological polar surface area (TPSA) is 92.7 Å². The molecule has 0 aliphatic rings. The Bertz CT molecular complexity index is 910. The van der Waals surface area contributed by atoms with E-state index < -0.39 is 33.3 Å². The minimum Gasteiger partial charge on any atom is -0.478 e. The summed E-state index contributed by atoms with van der Waals surface area (Å²) in [5, 5.41) is 9.22. The normalized spacial score (nSPS) is 12.0. The van der Waals surface area contributed by atoms with E-state index in [1.807, 2.05) is 4.72 Å². The first kappa shape index (κ1) is 18.7. The Hall–Kier alpha value is -2.59. The Labute approximate surface area is 140 Å². The van der Waals surface area contributed by atoms with Crippen molar-refractivity contribution in [3.63, 3.8) is 0 Å². The van der Waals surface area contributed by atoms with Crippen LogP contribution < -0.4 is 9.46 Å². The molecule has 0 aliphatic heterocycles. The van der Waals surface area contributed by atoms with Gasteiger partial charge in [0.2, 0.25) is 10.0 Å². The van der Waals surface area contributed by atoms with E-state index in [0.29, 0.717) is 6.07 Å². The number of benzene rings is 2. The van der Waals surface area contributed by atoms with Gasteiger partial charge in [-0.25, -0.2) is 17.9 Å². The fourth-order valence-electron chi connectivity index (χ4n) is 1.91. The van der Waals surface area contributed by atoms with Crippen LogP contribution >= 0.6 is 0 Å². The standard InChI is InChI=1S/C15H12F3NO5S/c1-19-25(22,23)11-5-6-13(12(8-11)14(20)21)24-10-4-2-3-9(7-10)15(16,17)18/h2-8,19H,1H3,(H,20,21). The zero-order valence-corrected chi connectivity index (χ0v) is 13.5. The van der Waals surface area contributed by atoms with Crippen molar-refractivity contribution in [1.29, 1.82) is 0 Å². The lowest BCUT2D eigenvalue weighted by Crippen LogP contribution is -2.19. The lowest BCUT2D eigenvalue weighted by atomic mass is 10.2. The van der Waals surface area contributed by atoms with Gasteiger partial charge in [0, 0.05) is 0 Å². The first-order valence-corrected chi connectivity index (χ1v) is 8.19. The molecule has 0 atom stereocenters. The Kier molecular flexibility index (Phi) is 5.04. The summed E-state index contributed by atoms with van der Waals surface area (Å²) < 4.78 is 68.8. The van der Waals surface area contributed by atoms with Crippen LogP contribution in [0.2, 0.25) is 0 Å². The fourth-order valence-corrected chi connectivity index (χ4v) is 2.67. The molecule has 0 amide bonds. The first-order chi connectivity index (χ1) is 11.5. The molecule has 6 nitrogen and oxygen atoms in total. The number of aromatic carboxylic acids is 1. The van der Waals surface area contributed by atoms with E-state index in [1.165, 1.54) is 6.07 Å². The van der Waals surface area contributed by atoms with Crippen LogP contribution in [-0.2, 0) is 16.2 Å². The van der Waals surface area contributed by atoms with Crippen LogP contribution in [0.5, 0.6) is 11.5 Å². The molecule has 2 N–H and O–H groups in total. The number of halogens is 3. The van der Waals surface area contributed by atoms with Crippen LogP contribution in [0.3, 0.4) is 0 Å². The maximum Gasteiger partial charge on any atom is 0.416 e. The molecule has 0 aliphatic carbocycles. The molecule has 0 saturated heterocycles. The number of alkyl halides is 3. The van der Waals surface area contributed by atoms with Gasteiger partial charge < -0.3 is 9.84 Å². The number of carbonyl (C=O) groups is 1. The summed E-state index contributed by atoms with van der Waals surface area (Å²) >= 11 is 0. The number of hydrogen-bond acceptors (Lipinski definition) is 4. The van der Waals surface area contributed by atoms with Crippen molar-refractivity contribution in [1.82, 2.24) is 4.72 Å². The van der Waals surface area contributed by atoms with Crippen LogP contribution in [0.1, 0.15) is 15.9 Å². The summed E-state index contributed by atoms with van der Waals surface area (Å²) in [4.78, 5) is 11.0. The van der Waals surface area contributed by atoms with Crippen LogP contribution in [-0.4, -0.2) is 26.5 Å². The Morgan fingerprint density at radius 2 is 1.84 bits per heavy atom. The third-order valence-corrected chi connectivity index (χ3v) is 4.56. The highest BCUT2D eigenvalue weighted by Gasteiger charge is 2.30. The van der Waals surface area contributed by atoms with Gasteiger partial charge in [-0.15, -0.1) is 0 Å². The van der Waals surface area contributed by atoms with Gasteiger partial charge in [-0.1, -0.05) is 6.07 Å². The number of carboxylic acids is 1. The van der Waals surface area contributed by atoms with Crippen molar-refractivity contribution in [3.05, 3.63) is 53.6 Å². The van der Waals surface area contributed by atoms with Crippen LogP contribution in [0, 0.1) is 0 Å². The molecule has 0 radical (unpaired) electrons. The highest BCUT2D eigenvalue weighted by atomic mass is 32.2. The SMILES string of the molecule is CNS(=O)(=O)c1ccc(Oc2cccc(C(F)(F)F)c2)c(C(=O)O)c1. The van der Waals surface area contributed by atoms with Gasteiger partial charge in [0.1, 0.15) is 17.1 Å². The molecule has 0 bridgehead atoms. The van der Waals surface area contributed by atoms with Gasteiger partial charge in [-0.05, 0) is 43.4 Å². The van der Waals surface area contributed by atoms with Crippen molar-refractivity contribution < 1.29 is 36.2 Å². The van der Waals surface area contributed by atoms with E-state index in [4.69, 9.17) is 4.74 Å². The molecule has 2 rings (SSSR count). The predicted molar refractivity (Wildman–Crippen MR) is 81.2 cm³/mol. The summed E-state index contributed by atoms with van der Waals surface area (Å²) in [6.45, 7) is 0. The Morgan fingerprint density at radius 3 is 2.40 bits per heavy atom. The molecule has 10 heteroatoms. The van der Waals surface area contributed by atoms with Gasteiger partial charge in [-0.2, -0.15) is 13.2 Å². The average Bonchev–Trinajstić information content (AvgIpc) is 2.54. The maximum absolute atomic E-state index is 12.7. The maximum atomic E-state index is 12.7. The Morgan fingerprint density at radius 1 is 1.16 bits per heavy atom. The van der Waals surface area contributed by atoms with Gasteiger partial charge in [0.15, 0.2) is 0 Å². The second-order valence-corrected chi connectivity index (χ2v) is 6.68. The van der Waals surface area contributed by atoms with Gasteiger partial charge in [0.25, 0.3) is 0 Å². The zero-order chi connectivity index (χ0) is 18.8. The third-order valence-electron chi connectivity index (χ3n) is 3.15. The van der Waals surface area contributed by atoms with Crippen LogP contribution in [0.4, 0.5) is 13.2 Å². The minimum absolute atomic E-state index is 0.235. The summed E-state index contributed by atoms with van der Waals surface area (Å²) in [6.07, 6.45) is -4.58. The minimum atomic E-state index is -4.58. The number of sulfonamides is 1. The summed E-state index contributed by atoms with van der Waals surface area (Å²) in [5.74, 6) is -2.02. The molecule has 0 spiro atoms. The molecule has 25 heavy (non-hydrogen) atoms. The van der Waals surface area contributed by atoms with Crippen LogP contribution in [0.25, 0.3) is 0 Å². The number of nitrogens with one attached hydrogen (secondary N) is 1. The second-order valence-electron chi connectivity index (χ2n) is 4.80. The quantitative estimate of drug-likeness (QED) is 0.838. The van der Waals surface area contributed by atoms with E-state index in [-0.39, 0.29) is 16.4 Å². The monoisotopic (exact) mass is 375 g/mol. The van der Waals surface area contributed by atoms with E-state index in [2.05, 4.69) is 0 Å². The Balaban J connectivity index is 2.45. The number of rotatable bonds is 5. The van der Waals surface area contributed by atoms with E-state index in [1.54, 1.807) is 0 Å². The molecule has 0 heterocycles. The van der Waals surface area contributed by atoms with Gasteiger partial charge >= 0.3 is 12.1 Å². The number of hydrogen-bond donors (Lipinski definition) is 2. The summed E-state index contributed by atoms with van der Waals surface area (Å²) in [7, 11) is -2.73. The zero-order valence-electron chi connectivity index (χ0n) is 12.7. The highest BCUT2D eigenvalue weighted by Crippen LogP contribution is 2.34.